The van der Waals surface area contributed by atoms with Gasteiger partial charge in [0.05, 0.1) is 12.7 Å². The topological polar surface area (TPSA) is 45.0 Å². The molecule has 0 saturated carbocycles. The predicted octanol–water partition coefficient (Wildman–Crippen LogP) is 3.29. The molecule has 0 bridgehead atoms. The summed E-state index contributed by atoms with van der Waals surface area (Å²) in [6.07, 6.45) is 2.57. The fourth-order valence-corrected chi connectivity index (χ4v) is 3.05. The molecule has 1 aliphatic rings. The first kappa shape index (κ1) is 13.1. The summed E-state index contributed by atoms with van der Waals surface area (Å²) in [5.74, 6) is 3.32. The van der Waals surface area contributed by atoms with E-state index < -0.39 is 0 Å². The Hall–Kier alpha value is -1.34. The molecule has 0 radical (unpaired) electrons. The van der Waals surface area contributed by atoms with Crippen LogP contribution in [-0.2, 0) is 0 Å². The number of ether oxygens (including phenoxy) is 1. The number of anilines is 1. The second-order valence-electron chi connectivity index (χ2n) is 4.34. The molecule has 1 aromatic carbocycles. The van der Waals surface area contributed by atoms with E-state index in [-0.39, 0.29) is 0 Å². The van der Waals surface area contributed by atoms with E-state index >= 15 is 0 Å². The lowest BCUT2D eigenvalue weighted by atomic mass is 10.2. The Morgan fingerprint density at radius 2 is 2.44 bits per heavy atom. The summed E-state index contributed by atoms with van der Waals surface area (Å²) in [6.45, 7) is 0.607. The number of thioether (sulfide) groups is 1. The number of benzene rings is 1. The van der Waals surface area contributed by atoms with Gasteiger partial charge in [0.2, 0.25) is 0 Å². The fourth-order valence-electron chi connectivity index (χ4n) is 1.90. The maximum atomic E-state index is 8.45. The zero-order valence-electron chi connectivity index (χ0n) is 10.4. The van der Waals surface area contributed by atoms with Gasteiger partial charge in [-0.3, -0.25) is 0 Å². The van der Waals surface area contributed by atoms with Crippen molar-refractivity contribution in [1.82, 2.24) is 0 Å². The first-order valence-corrected chi connectivity index (χ1v) is 7.48. The van der Waals surface area contributed by atoms with Crippen LogP contribution in [-0.4, -0.2) is 24.2 Å². The summed E-state index contributed by atoms with van der Waals surface area (Å²) in [6, 6.07) is 10.8. The lowest BCUT2D eigenvalue weighted by molar-refractivity contribution is 0.313. The molecule has 1 saturated heterocycles. The minimum atomic E-state index is 0.553. The second-order valence-corrected chi connectivity index (χ2v) is 5.49. The first-order chi connectivity index (χ1) is 8.88. The highest BCUT2D eigenvalue weighted by molar-refractivity contribution is 7.99. The van der Waals surface area contributed by atoms with Crippen LogP contribution in [0.25, 0.3) is 0 Å². The van der Waals surface area contributed by atoms with Crippen LogP contribution in [0.15, 0.2) is 24.3 Å². The van der Waals surface area contributed by atoms with Gasteiger partial charge in [-0.25, -0.2) is 0 Å². The molecular formula is C14H18N2OS. The molecule has 0 spiro atoms. The molecule has 0 aliphatic carbocycles. The van der Waals surface area contributed by atoms with E-state index in [9.17, 15) is 0 Å². The van der Waals surface area contributed by atoms with Gasteiger partial charge < -0.3 is 10.1 Å². The molecule has 1 N–H and O–H groups in total. The lowest BCUT2D eigenvalue weighted by Crippen LogP contribution is -2.17. The molecule has 1 aliphatic heterocycles. The number of hydrogen-bond acceptors (Lipinski definition) is 4. The van der Waals surface area contributed by atoms with E-state index in [0.29, 0.717) is 19.1 Å². The summed E-state index contributed by atoms with van der Waals surface area (Å²) >= 11 is 2.00. The molecule has 2 rings (SSSR count). The standard InChI is InChI=1S/C14H18N2OS/c15-7-1-2-8-17-14-5-3-4-12(10-14)16-13-6-9-18-11-13/h3-5,10,13,16H,1-2,6,8-9,11H2. The molecule has 4 heteroatoms. The SMILES string of the molecule is N#CCCCOc1cccc(NC2CCSC2)c1. The van der Waals surface area contributed by atoms with E-state index in [1.807, 2.05) is 30.0 Å². The van der Waals surface area contributed by atoms with Gasteiger partial charge in [-0.15, -0.1) is 0 Å². The molecule has 0 aromatic heterocycles. The van der Waals surface area contributed by atoms with Crippen molar-refractivity contribution in [3.05, 3.63) is 24.3 Å². The predicted molar refractivity (Wildman–Crippen MR) is 76.1 cm³/mol. The quantitative estimate of drug-likeness (QED) is 0.799. The maximum Gasteiger partial charge on any atom is 0.121 e. The minimum Gasteiger partial charge on any atom is -0.493 e. The highest BCUT2D eigenvalue weighted by atomic mass is 32.2. The van der Waals surface area contributed by atoms with E-state index in [4.69, 9.17) is 10.00 Å². The van der Waals surface area contributed by atoms with Crippen LogP contribution in [0.5, 0.6) is 5.75 Å². The Labute approximate surface area is 113 Å². The summed E-state index contributed by atoms with van der Waals surface area (Å²) in [5.41, 5.74) is 1.13. The van der Waals surface area contributed by atoms with Crippen LogP contribution in [0.4, 0.5) is 5.69 Å². The molecule has 1 heterocycles. The second kappa shape index (κ2) is 7.17. The number of nitrogens with zero attached hydrogens (tertiary/aromatic N) is 1. The van der Waals surface area contributed by atoms with Crippen molar-refractivity contribution in [2.75, 3.05) is 23.4 Å². The Morgan fingerprint density at radius 3 is 3.22 bits per heavy atom. The monoisotopic (exact) mass is 262 g/mol. The van der Waals surface area contributed by atoms with Gasteiger partial charge in [-0.05, 0) is 30.7 Å². The van der Waals surface area contributed by atoms with E-state index in [0.717, 1.165) is 17.9 Å². The molecule has 3 nitrogen and oxygen atoms in total. The van der Waals surface area contributed by atoms with E-state index in [2.05, 4.69) is 17.5 Å². The van der Waals surface area contributed by atoms with E-state index in [1.165, 1.54) is 17.9 Å². The molecule has 96 valence electrons. The number of nitrogens with one attached hydrogen (secondary N) is 1. The van der Waals surface area contributed by atoms with Crippen LogP contribution in [0, 0.1) is 11.3 Å². The number of nitriles is 1. The summed E-state index contributed by atoms with van der Waals surface area (Å²) < 4.78 is 5.62. The Bertz CT molecular complexity index is 411. The molecule has 0 amide bonds. The van der Waals surface area contributed by atoms with Gasteiger partial charge in [0.15, 0.2) is 0 Å². The largest absolute Gasteiger partial charge is 0.493 e. The van der Waals surface area contributed by atoms with Gasteiger partial charge in [-0.2, -0.15) is 17.0 Å². The van der Waals surface area contributed by atoms with Crippen molar-refractivity contribution in [2.24, 2.45) is 0 Å². The molecule has 1 fully saturated rings. The third-order valence-corrected chi connectivity index (χ3v) is 4.00. The first-order valence-electron chi connectivity index (χ1n) is 6.32. The molecule has 1 unspecified atom stereocenters. The minimum absolute atomic E-state index is 0.553. The Balaban J connectivity index is 1.82. The zero-order chi connectivity index (χ0) is 12.6. The summed E-state index contributed by atoms with van der Waals surface area (Å²) in [4.78, 5) is 0. The van der Waals surface area contributed by atoms with Crippen molar-refractivity contribution >= 4 is 17.4 Å². The van der Waals surface area contributed by atoms with Crippen LogP contribution < -0.4 is 10.1 Å². The van der Waals surface area contributed by atoms with Gasteiger partial charge in [0, 0.05) is 30.0 Å². The van der Waals surface area contributed by atoms with Crippen LogP contribution in [0.3, 0.4) is 0 Å². The van der Waals surface area contributed by atoms with Crippen molar-refractivity contribution in [1.29, 1.82) is 5.26 Å². The van der Waals surface area contributed by atoms with Gasteiger partial charge in [-0.1, -0.05) is 6.07 Å². The molecular weight excluding hydrogens is 244 g/mol. The number of hydrogen-bond donors (Lipinski definition) is 1. The van der Waals surface area contributed by atoms with Crippen molar-refractivity contribution in [3.63, 3.8) is 0 Å². The van der Waals surface area contributed by atoms with Crippen molar-refractivity contribution in [2.45, 2.75) is 25.3 Å². The maximum absolute atomic E-state index is 8.45. The fraction of sp³-hybridized carbons (Fsp3) is 0.500. The van der Waals surface area contributed by atoms with Crippen LogP contribution in [0.2, 0.25) is 0 Å². The van der Waals surface area contributed by atoms with Crippen LogP contribution >= 0.6 is 11.8 Å². The summed E-state index contributed by atoms with van der Waals surface area (Å²) in [5, 5.41) is 12.0. The van der Waals surface area contributed by atoms with E-state index in [1.54, 1.807) is 0 Å². The smallest absolute Gasteiger partial charge is 0.121 e. The molecule has 1 atom stereocenters. The van der Waals surface area contributed by atoms with Gasteiger partial charge in [0.25, 0.3) is 0 Å². The van der Waals surface area contributed by atoms with Crippen LogP contribution in [0.1, 0.15) is 19.3 Å². The van der Waals surface area contributed by atoms with Gasteiger partial charge >= 0.3 is 0 Å². The normalized spacial score (nSPS) is 18.3. The third-order valence-electron chi connectivity index (χ3n) is 2.84. The average Bonchev–Trinajstić information content (AvgIpc) is 2.88. The third kappa shape index (κ3) is 4.15. The lowest BCUT2D eigenvalue weighted by Gasteiger charge is -2.14. The van der Waals surface area contributed by atoms with Gasteiger partial charge in [0.1, 0.15) is 5.75 Å². The molecule has 18 heavy (non-hydrogen) atoms. The number of unbranched alkanes of at least 4 members (excludes halogenated alkanes) is 1. The number of rotatable bonds is 6. The average molecular weight is 262 g/mol. The summed E-state index contributed by atoms with van der Waals surface area (Å²) in [7, 11) is 0. The van der Waals surface area contributed by atoms with Crippen molar-refractivity contribution < 1.29 is 4.74 Å². The van der Waals surface area contributed by atoms with Crippen molar-refractivity contribution in [3.8, 4) is 11.8 Å². The highest BCUT2D eigenvalue weighted by Gasteiger charge is 2.14. The highest BCUT2D eigenvalue weighted by Crippen LogP contribution is 2.23. The Morgan fingerprint density at radius 1 is 1.50 bits per heavy atom. The zero-order valence-corrected chi connectivity index (χ0v) is 11.2. The Kier molecular flexibility index (Phi) is 5.22. The molecule has 1 aromatic rings.